The van der Waals surface area contributed by atoms with Crippen molar-refractivity contribution in [2.24, 2.45) is 5.73 Å². The van der Waals surface area contributed by atoms with Gasteiger partial charge in [0.25, 0.3) is 0 Å². The highest BCUT2D eigenvalue weighted by molar-refractivity contribution is 5.14. The van der Waals surface area contributed by atoms with Gasteiger partial charge in [-0.1, -0.05) is 30.3 Å². The fourth-order valence-electron chi connectivity index (χ4n) is 3.38. The molecule has 1 atom stereocenters. The summed E-state index contributed by atoms with van der Waals surface area (Å²) >= 11 is 0. The second kappa shape index (κ2) is 6.04. The van der Waals surface area contributed by atoms with Crippen molar-refractivity contribution in [1.29, 1.82) is 0 Å². The van der Waals surface area contributed by atoms with E-state index in [4.69, 9.17) is 5.73 Å². The van der Waals surface area contributed by atoms with Crippen molar-refractivity contribution in [2.75, 3.05) is 26.2 Å². The Kier molecular flexibility index (Phi) is 4.16. The van der Waals surface area contributed by atoms with Crippen LogP contribution in [0.1, 0.15) is 24.8 Å². The maximum Gasteiger partial charge on any atom is 0.0235 e. The third-order valence-electron chi connectivity index (χ3n) is 4.59. The second-order valence-electron chi connectivity index (χ2n) is 6.04. The molecule has 0 saturated carbocycles. The average molecular weight is 259 g/mol. The molecule has 1 unspecified atom stereocenters. The van der Waals surface area contributed by atoms with Crippen molar-refractivity contribution in [3.8, 4) is 0 Å². The number of likely N-dealkylation sites (tertiary alicyclic amines) is 2. The van der Waals surface area contributed by atoms with Gasteiger partial charge in [0.1, 0.15) is 0 Å². The summed E-state index contributed by atoms with van der Waals surface area (Å²) in [7, 11) is 0. The van der Waals surface area contributed by atoms with Crippen LogP contribution in [0.4, 0.5) is 0 Å². The van der Waals surface area contributed by atoms with Crippen molar-refractivity contribution in [1.82, 2.24) is 9.80 Å². The Morgan fingerprint density at radius 3 is 2.47 bits per heavy atom. The van der Waals surface area contributed by atoms with E-state index in [9.17, 15) is 0 Å². The van der Waals surface area contributed by atoms with Crippen LogP contribution in [0.2, 0.25) is 0 Å². The number of hydrogen-bond donors (Lipinski definition) is 1. The number of hydrogen-bond acceptors (Lipinski definition) is 3. The Morgan fingerprint density at radius 1 is 1.00 bits per heavy atom. The Balaban J connectivity index is 1.50. The molecule has 2 aliphatic heterocycles. The van der Waals surface area contributed by atoms with Crippen LogP contribution in [-0.2, 0) is 6.54 Å². The van der Waals surface area contributed by atoms with Crippen LogP contribution in [0.5, 0.6) is 0 Å². The molecule has 0 aliphatic carbocycles. The van der Waals surface area contributed by atoms with Gasteiger partial charge < -0.3 is 5.73 Å². The van der Waals surface area contributed by atoms with Crippen LogP contribution in [0, 0.1) is 0 Å². The molecule has 3 rings (SSSR count). The van der Waals surface area contributed by atoms with Gasteiger partial charge in [0.05, 0.1) is 0 Å². The van der Waals surface area contributed by atoms with Crippen LogP contribution >= 0.6 is 0 Å². The van der Waals surface area contributed by atoms with Crippen molar-refractivity contribution >= 4 is 0 Å². The highest BCUT2D eigenvalue weighted by atomic mass is 15.3. The highest BCUT2D eigenvalue weighted by Gasteiger charge is 2.29. The molecular formula is C16H25N3. The summed E-state index contributed by atoms with van der Waals surface area (Å²) in [6.07, 6.45) is 3.67. The molecule has 2 fully saturated rings. The third kappa shape index (κ3) is 3.35. The summed E-state index contributed by atoms with van der Waals surface area (Å²) < 4.78 is 0. The summed E-state index contributed by atoms with van der Waals surface area (Å²) in [6.45, 7) is 5.97. The second-order valence-corrected chi connectivity index (χ2v) is 6.04. The summed E-state index contributed by atoms with van der Waals surface area (Å²) in [5.41, 5.74) is 7.42. The van der Waals surface area contributed by atoms with Gasteiger partial charge in [-0.05, 0) is 37.9 Å². The maximum absolute atomic E-state index is 5.99. The lowest BCUT2D eigenvalue weighted by Gasteiger charge is -2.34. The number of piperidine rings is 1. The fourth-order valence-corrected chi connectivity index (χ4v) is 3.38. The molecule has 1 aromatic carbocycles. The Labute approximate surface area is 116 Å². The predicted molar refractivity (Wildman–Crippen MR) is 78.9 cm³/mol. The van der Waals surface area contributed by atoms with Gasteiger partial charge in [-0.25, -0.2) is 0 Å². The van der Waals surface area contributed by atoms with Gasteiger partial charge in [-0.2, -0.15) is 0 Å². The first-order valence-electron chi connectivity index (χ1n) is 7.57. The van der Waals surface area contributed by atoms with E-state index in [2.05, 4.69) is 40.1 Å². The van der Waals surface area contributed by atoms with E-state index in [1.54, 1.807) is 0 Å². The van der Waals surface area contributed by atoms with E-state index in [0.717, 1.165) is 12.6 Å². The van der Waals surface area contributed by atoms with Crippen molar-refractivity contribution < 1.29 is 0 Å². The molecule has 2 N–H and O–H groups in total. The van der Waals surface area contributed by atoms with Gasteiger partial charge >= 0.3 is 0 Å². The van der Waals surface area contributed by atoms with Crippen LogP contribution < -0.4 is 5.73 Å². The molecule has 2 aliphatic rings. The SMILES string of the molecule is NC1CCN(C2CCN(Cc3ccccc3)C2)CC1. The Morgan fingerprint density at radius 2 is 1.74 bits per heavy atom. The molecule has 104 valence electrons. The standard InChI is InChI=1S/C16H25N3/c17-15-6-10-19(11-7-15)16-8-9-18(13-16)12-14-4-2-1-3-5-14/h1-5,15-16H,6-13,17H2. The topological polar surface area (TPSA) is 32.5 Å². The van der Waals surface area contributed by atoms with Gasteiger partial charge in [0, 0.05) is 31.7 Å². The number of rotatable bonds is 3. The van der Waals surface area contributed by atoms with E-state index in [1.165, 1.54) is 51.0 Å². The molecule has 0 bridgehead atoms. The Bertz CT molecular complexity index is 384. The third-order valence-corrected chi connectivity index (χ3v) is 4.59. The molecule has 19 heavy (non-hydrogen) atoms. The van der Waals surface area contributed by atoms with E-state index >= 15 is 0 Å². The van der Waals surface area contributed by atoms with Crippen molar-refractivity contribution in [3.63, 3.8) is 0 Å². The van der Waals surface area contributed by atoms with Crippen LogP contribution in [0.3, 0.4) is 0 Å². The van der Waals surface area contributed by atoms with Crippen LogP contribution in [0.15, 0.2) is 30.3 Å². The first-order chi connectivity index (χ1) is 9.31. The lowest BCUT2D eigenvalue weighted by Crippen LogP contribution is -2.46. The Hall–Kier alpha value is -0.900. The molecule has 3 nitrogen and oxygen atoms in total. The van der Waals surface area contributed by atoms with E-state index in [0.29, 0.717) is 6.04 Å². The first kappa shape index (κ1) is 13.1. The molecule has 1 aromatic rings. The monoisotopic (exact) mass is 259 g/mol. The van der Waals surface area contributed by atoms with E-state index in [1.807, 2.05) is 0 Å². The highest BCUT2D eigenvalue weighted by Crippen LogP contribution is 2.21. The van der Waals surface area contributed by atoms with Crippen LogP contribution in [0.25, 0.3) is 0 Å². The molecule has 2 heterocycles. The number of benzene rings is 1. The van der Waals surface area contributed by atoms with Crippen molar-refractivity contribution in [3.05, 3.63) is 35.9 Å². The molecule has 0 aromatic heterocycles. The zero-order valence-electron chi connectivity index (χ0n) is 11.7. The van der Waals surface area contributed by atoms with Crippen LogP contribution in [-0.4, -0.2) is 48.1 Å². The van der Waals surface area contributed by atoms with Gasteiger partial charge in [-0.15, -0.1) is 0 Å². The van der Waals surface area contributed by atoms with Gasteiger partial charge in [0.2, 0.25) is 0 Å². The largest absolute Gasteiger partial charge is 0.328 e. The molecule has 0 amide bonds. The smallest absolute Gasteiger partial charge is 0.0235 e. The normalized spacial score (nSPS) is 26.9. The molecule has 0 radical (unpaired) electrons. The predicted octanol–water partition coefficient (Wildman–Crippen LogP) is 1.68. The summed E-state index contributed by atoms with van der Waals surface area (Å²) in [6, 6.07) is 12.0. The lowest BCUT2D eigenvalue weighted by atomic mass is 10.0. The maximum atomic E-state index is 5.99. The number of nitrogens with zero attached hydrogens (tertiary/aromatic N) is 2. The molecular weight excluding hydrogens is 234 g/mol. The van der Waals surface area contributed by atoms with Gasteiger partial charge in [0.15, 0.2) is 0 Å². The summed E-state index contributed by atoms with van der Waals surface area (Å²) in [4.78, 5) is 5.25. The minimum Gasteiger partial charge on any atom is -0.328 e. The van der Waals surface area contributed by atoms with Crippen molar-refractivity contribution in [2.45, 2.75) is 37.9 Å². The summed E-state index contributed by atoms with van der Waals surface area (Å²) in [5.74, 6) is 0. The zero-order valence-corrected chi connectivity index (χ0v) is 11.7. The minimum atomic E-state index is 0.443. The molecule has 0 spiro atoms. The van der Waals surface area contributed by atoms with Gasteiger partial charge in [-0.3, -0.25) is 9.80 Å². The summed E-state index contributed by atoms with van der Waals surface area (Å²) in [5, 5.41) is 0. The molecule has 2 saturated heterocycles. The quantitative estimate of drug-likeness (QED) is 0.896. The van der Waals surface area contributed by atoms with E-state index in [-0.39, 0.29) is 0 Å². The first-order valence-corrected chi connectivity index (χ1v) is 7.57. The minimum absolute atomic E-state index is 0.443. The lowest BCUT2D eigenvalue weighted by molar-refractivity contribution is 0.151. The van der Waals surface area contributed by atoms with E-state index < -0.39 is 0 Å². The molecule has 3 heteroatoms. The fraction of sp³-hybridized carbons (Fsp3) is 0.625. The average Bonchev–Trinajstić information content (AvgIpc) is 2.89. The number of nitrogens with two attached hydrogens (primary N) is 1. The zero-order chi connectivity index (χ0) is 13.1.